The van der Waals surface area contributed by atoms with Crippen molar-refractivity contribution in [3.63, 3.8) is 0 Å². The highest BCUT2D eigenvalue weighted by Crippen LogP contribution is 2.21. The molecule has 0 unspecified atom stereocenters. The maximum Gasteiger partial charge on any atom is 0.420 e. The maximum absolute atomic E-state index is 13.0. The molecule has 0 bridgehead atoms. The van der Waals surface area contributed by atoms with E-state index in [0.29, 0.717) is 22.8 Å². The van der Waals surface area contributed by atoms with Crippen LogP contribution in [0.3, 0.4) is 0 Å². The summed E-state index contributed by atoms with van der Waals surface area (Å²) in [5.41, 5.74) is 4.37. The lowest BCUT2D eigenvalue weighted by Crippen LogP contribution is -2.36. The number of ether oxygens (including phenoxy) is 2. The second-order valence-electron chi connectivity index (χ2n) is 8.08. The Labute approximate surface area is 220 Å². The number of nitrogens with zero attached hydrogens (tertiary/aromatic N) is 5. The zero-order chi connectivity index (χ0) is 25.5. The summed E-state index contributed by atoms with van der Waals surface area (Å²) < 4.78 is 12.3. The minimum absolute atomic E-state index is 0. The third kappa shape index (κ3) is 6.63. The van der Waals surface area contributed by atoms with Crippen molar-refractivity contribution in [1.29, 1.82) is 5.26 Å². The summed E-state index contributed by atoms with van der Waals surface area (Å²) in [6.45, 7) is 2.06. The van der Waals surface area contributed by atoms with Crippen LogP contribution in [0.2, 0.25) is 0 Å². The maximum atomic E-state index is 13.0. The Morgan fingerprint density at radius 3 is 2.57 bits per heavy atom. The first kappa shape index (κ1) is 27.2. The predicted octanol–water partition coefficient (Wildman–Crippen LogP) is 4.68. The fraction of sp³-hybridized carbons (Fsp3) is 0.222. The number of fused-ring (bicyclic) bond motifs is 1. The Bertz CT molecular complexity index is 1410. The summed E-state index contributed by atoms with van der Waals surface area (Å²) >= 11 is 0. The number of carbonyl (C=O) groups is 2. The number of rotatable bonds is 8. The molecule has 3 heterocycles. The van der Waals surface area contributed by atoms with Gasteiger partial charge in [0.15, 0.2) is 0 Å². The molecule has 0 radical (unpaired) electrons. The first-order valence-corrected chi connectivity index (χ1v) is 11.4. The molecule has 0 aliphatic carbocycles. The highest BCUT2D eigenvalue weighted by atomic mass is 35.5. The van der Waals surface area contributed by atoms with E-state index in [9.17, 15) is 9.59 Å². The molecule has 3 aromatic heterocycles. The Hall–Kier alpha value is -4.42. The van der Waals surface area contributed by atoms with Crippen molar-refractivity contribution in [2.45, 2.75) is 26.2 Å². The molecule has 0 fully saturated rings. The van der Waals surface area contributed by atoms with Crippen LogP contribution in [0.15, 0.2) is 67.0 Å². The Kier molecular flexibility index (Phi) is 9.19. The van der Waals surface area contributed by atoms with Gasteiger partial charge in [0.25, 0.3) is 0 Å². The smallest absolute Gasteiger partial charge is 0.420 e. The Balaban J connectivity index is 0.00000380. The van der Waals surface area contributed by atoms with Crippen LogP contribution in [0.5, 0.6) is 5.75 Å². The summed E-state index contributed by atoms with van der Waals surface area (Å²) in [5, 5.41) is 8.96. The number of hydrogen-bond donors (Lipinski definition) is 0. The van der Waals surface area contributed by atoms with E-state index in [0.717, 1.165) is 29.8 Å². The van der Waals surface area contributed by atoms with Crippen LogP contribution in [-0.4, -0.2) is 40.1 Å². The molecule has 1 amide bonds. The van der Waals surface area contributed by atoms with Crippen molar-refractivity contribution >= 4 is 35.9 Å². The molecule has 4 rings (SSSR count). The first-order chi connectivity index (χ1) is 17.5. The molecular weight excluding hydrogens is 494 g/mol. The number of amides is 1. The number of carbonyl (C=O) groups excluding carboxylic acids is 2. The van der Waals surface area contributed by atoms with E-state index in [2.05, 4.69) is 11.1 Å². The molecule has 0 aliphatic rings. The largest absolute Gasteiger partial charge is 0.469 e. The number of aromatic nitrogens is 3. The molecule has 0 atom stereocenters. The van der Waals surface area contributed by atoms with Crippen molar-refractivity contribution in [3.05, 3.63) is 89.5 Å². The Morgan fingerprint density at radius 1 is 1.11 bits per heavy atom. The number of aryl methyl sites for hydroxylation is 3. The van der Waals surface area contributed by atoms with E-state index in [1.54, 1.807) is 36.5 Å². The van der Waals surface area contributed by atoms with Crippen molar-refractivity contribution < 1.29 is 19.1 Å². The minimum atomic E-state index is -0.661. The van der Waals surface area contributed by atoms with Gasteiger partial charge in [0.2, 0.25) is 0 Å². The third-order valence-corrected chi connectivity index (χ3v) is 5.79. The lowest BCUT2D eigenvalue weighted by molar-refractivity contribution is -0.140. The topological polar surface area (TPSA) is 110 Å². The average Bonchev–Trinajstić information content (AvgIpc) is 3.22. The Morgan fingerprint density at radius 2 is 1.89 bits per heavy atom. The summed E-state index contributed by atoms with van der Waals surface area (Å²) in [5.74, 6) is 0.260. The predicted molar refractivity (Wildman–Crippen MR) is 140 cm³/mol. The van der Waals surface area contributed by atoms with Crippen LogP contribution in [0, 0.1) is 18.3 Å². The molecule has 0 aliphatic heterocycles. The number of hydrogen-bond acceptors (Lipinski definition) is 7. The van der Waals surface area contributed by atoms with Gasteiger partial charge in [0, 0.05) is 30.7 Å². The molecule has 0 saturated carbocycles. The molecule has 9 nitrogen and oxygen atoms in total. The van der Waals surface area contributed by atoms with Gasteiger partial charge >= 0.3 is 12.1 Å². The summed E-state index contributed by atoms with van der Waals surface area (Å²) in [6.07, 6.45) is 4.24. The second kappa shape index (κ2) is 12.5. The number of halogens is 1. The number of anilines is 1. The zero-order valence-electron chi connectivity index (χ0n) is 20.5. The van der Waals surface area contributed by atoms with Crippen LogP contribution >= 0.6 is 12.4 Å². The lowest BCUT2D eigenvalue weighted by Gasteiger charge is -2.20. The van der Waals surface area contributed by atoms with E-state index < -0.39 is 12.1 Å². The van der Waals surface area contributed by atoms with Gasteiger partial charge in [-0.3, -0.25) is 9.69 Å². The zero-order valence-corrected chi connectivity index (χ0v) is 21.3. The molecule has 0 N–H and O–H groups in total. The fourth-order valence-corrected chi connectivity index (χ4v) is 3.78. The van der Waals surface area contributed by atoms with Gasteiger partial charge in [-0.25, -0.2) is 14.8 Å². The van der Waals surface area contributed by atoms with E-state index in [-0.39, 0.29) is 25.4 Å². The lowest BCUT2D eigenvalue weighted by atomic mass is 10.1. The van der Waals surface area contributed by atoms with Crippen LogP contribution in [0.1, 0.15) is 28.9 Å². The molecule has 1 aromatic carbocycles. The van der Waals surface area contributed by atoms with Crippen molar-refractivity contribution in [3.8, 4) is 11.8 Å². The second-order valence-corrected chi connectivity index (χ2v) is 8.08. The molecule has 37 heavy (non-hydrogen) atoms. The number of nitriles is 1. The minimum Gasteiger partial charge on any atom is -0.469 e. The highest BCUT2D eigenvalue weighted by molar-refractivity contribution is 5.88. The van der Waals surface area contributed by atoms with Crippen molar-refractivity contribution in [2.75, 3.05) is 18.6 Å². The summed E-state index contributed by atoms with van der Waals surface area (Å²) in [7, 11) is 1.30. The van der Waals surface area contributed by atoms with Gasteiger partial charge in [-0.15, -0.1) is 12.4 Å². The van der Waals surface area contributed by atoms with E-state index in [1.807, 2.05) is 41.8 Å². The molecule has 190 valence electrons. The molecule has 0 saturated heterocycles. The van der Waals surface area contributed by atoms with Gasteiger partial charge in [0.1, 0.15) is 17.2 Å². The van der Waals surface area contributed by atoms with Crippen LogP contribution in [0.25, 0.3) is 5.65 Å². The SMILES string of the molecule is COC(=O)CCN(C(=O)Oc1ccn2c(C)c(CCc3ccc(C#N)cc3)nc2c1)c1ccccn1.Cl. The summed E-state index contributed by atoms with van der Waals surface area (Å²) in [4.78, 5) is 34.9. The number of benzene rings is 1. The van der Waals surface area contributed by atoms with Crippen molar-refractivity contribution in [2.24, 2.45) is 0 Å². The molecule has 0 spiro atoms. The van der Waals surface area contributed by atoms with Gasteiger partial charge in [-0.2, -0.15) is 5.26 Å². The highest BCUT2D eigenvalue weighted by Gasteiger charge is 2.21. The van der Waals surface area contributed by atoms with E-state index >= 15 is 0 Å². The standard InChI is InChI=1S/C27H25N5O4.ClH/c1-19-23(11-10-20-6-8-21(18-28)9-7-20)30-25-17-22(12-15-31(19)25)36-27(34)32(16-13-26(33)35-2)24-5-3-4-14-29-24;/h3-9,12,14-15,17H,10-11,13,16H2,1-2H3;1H. The monoisotopic (exact) mass is 519 g/mol. The average molecular weight is 520 g/mol. The van der Waals surface area contributed by atoms with Gasteiger partial charge in [-0.1, -0.05) is 18.2 Å². The van der Waals surface area contributed by atoms with Gasteiger partial charge < -0.3 is 13.9 Å². The van der Waals surface area contributed by atoms with Gasteiger partial charge in [0.05, 0.1) is 30.9 Å². The molecule has 4 aromatic rings. The number of esters is 1. The fourth-order valence-electron chi connectivity index (χ4n) is 3.78. The normalized spacial score (nSPS) is 10.3. The van der Waals surface area contributed by atoms with E-state index in [1.165, 1.54) is 12.0 Å². The van der Waals surface area contributed by atoms with E-state index in [4.69, 9.17) is 19.7 Å². The van der Waals surface area contributed by atoms with Crippen LogP contribution in [-0.2, 0) is 22.4 Å². The molecular formula is C27H26ClN5O4. The number of methoxy groups -OCH3 is 1. The molecule has 10 heteroatoms. The van der Waals surface area contributed by atoms with Crippen molar-refractivity contribution in [1.82, 2.24) is 14.4 Å². The van der Waals surface area contributed by atoms with Gasteiger partial charge in [-0.05, 0) is 55.7 Å². The third-order valence-electron chi connectivity index (χ3n) is 5.79. The number of imidazole rings is 1. The van der Waals surface area contributed by atoms with Crippen LogP contribution in [0.4, 0.5) is 10.6 Å². The summed E-state index contributed by atoms with van der Waals surface area (Å²) in [6, 6.07) is 18.2. The number of pyridine rings is 2. The van der Waals surface area contributed by atoms with Crippen LogP contribution < -0.4 is 9.64 Å². The quantitative estimate of drug-likeness (QED) is 0.311. The first-order valence-electron chi connectivity index (χ1n) is 11.4.